The van der Waals surface area contributed by atoms with E-state index in [2.05, 4.69) is 18.7 Å². The molecule has 1 heterocycles. The standard InChI is InChI=1S/C21H32N2O2/c1-18(2)16-22-12-6-7-13-23(17-21(10-11-21)25-15-14-22)20(24)19-8-4-3-5-9-19/h3-5,8-9,18H,6-7,10-17H2,1-2H3. The molecule has 138 valence electrons. The fourth-order valence-electron chi connectivity index (χ4n) is 3.69. The summed E-state index contributed by atoms with van der Waals surface area (Å²) in [5, 5.41) is 0. The van der Waals surface area contributed by atoms with Crippen LogP contribution in [0.1, 0.15) is 49.9 Å². The maximum atomic E-state index is 12.9. The van der Waals surface area contributed by atoms with Crippen LogP contribution < -0.4 is 0 Å². The van der Waals surface area contributed by atoms with Crippen molar-refractivity contribution in [2.75, 3.05) is 39.3 Å². The zero-order valence-corrected chi connectivity index (χ0v) is 15.7. The van der Waals surface area contributed by atoms with E-state index in [0.29, 0.717) is 5.92 Å². The molecule has 25 heavy (non-hydrogen) atoms. The molecule has 2 aliphatic rings. The molecule has 0 bridgehead atoms. The van der Waals surface area contributed by atoms with Crippen molar-refractivity contribution in [2.45, 2.75) is 45.1 Å². The second-order valence-electron chi connectivity index (χ2n) is 8.03. The lowest BCUT2D eigenvalue weighted by Gasteiger charge is -2.28. The van der Waals surface area contributed by atoms with Gasteiger partial charge in [0.15, 0.2) is 0 Å². The molecule has 0 unspecified atom stereocenters. The lowest BCUT2D eigenvalue weighted by Crippen LogP contribution is -2.40. The Kier molecular flexibility index (Phi) is 6.13. The van der Waals surface area contributed by atoms with E-state index >= 15 is 0 Å². The number of nitrogens with zero attached hydrogens (tertiary/aromatic N) is 2. The van der Waals surface area contributed by atoms with Gasteiger partial charge >= 0.3 is 0 Å². The number of amides is 1. The van der Waals surface area contributed by atoms with Crippen molar-refractivity contribution in [1.82, 2.24) is 9.80 Å². The molecule has 0 atom stereocenters. The minimum absolute atomic E-state index is 0.0850. The molecule has 0 N–H and O–H groups in total. The van der Waals surface area contributed by atoms with Crippen LogP contribution in [0.15, 0.2) is 30.3 Å². The van der Waals surface area contributed by atoms with Crippen molar-refractivity contribution in [2.24, 2.45) is 5.92 Å². The van der Waals surface area contributed by atoms with Crippen LogP contribution in [-0.2, 0) is 4.74 Å². The number of hydrogen-bond donors (Lipinski definition) is 0. The van der Waals surface area contributed by atoms with Gasteiger partial charge in [0.2, 0.25) is 0 Å². The Bertz CT molecular complexity index is 554. The largest absolute Gasteiger partial charge is 0.372 e. The molecule has 1 spiro atoms. The molecule has 1 aliphatic heterocycles. The van der Waals surface area contributed by atoms with E-state index in [1.165, 1.54) is 0 Å². The number of rotatable bonds is 3. The Morgan fingerprint density at radius 1 is 1.12 bits per heavy atom. The molecule has 1 saturated carbocycles. The fourth-order valence-corrected chi connectivity index (χ4v) is 3.69. The first-order chi connectivity index (χ1) is 12.1. The highest BCUT2D eigenvalue weighted by Gasteiger charge is 2.46. The minimum Gasteiger partial charge on any atom is -0.372 e. The van der Waals surface area contributed by atoms with E-state index in [0.717, 1.165) is 70.6 Å². The Labute approximate surface area is 152 Å². The van der Waals surface area contributed by atoms with Crippen LogP contribution in [0.3, 0.4) is 0 Å². The average molecular weight is 344 g/mol. The van der Waals surface area contributed by atoms with Crippen LogP contribution >= 0.6 is 0 Å². The first kappa shape index (κ1) is 18.4. The third kappa shape index (κ3) is 5.29. The summed E-state index contributed by atoms with van der Waals surface area (Å²) in [6, 6.07) is 9.66. The van der Waals surface area contributed by atoms with Gasteiger partial charge in [-0.15, -0.1) is 0 Å². The van der Waals surface area contributed by atoms with Gasteiger partial charge in [0, 0.05) is 31.7 Å². The molecule has 0 aromatic heterocycles. The minimum atomic E-state index is -0.0850. The van der Waals surface area contributed by atoms with E-state index in [-0.39, 0.29) is 11.5 Å². The van der Waals surface area contributed by atoms with Crippen LogP contribution in [0.2, 0.25) is 0 Å². The highest BCUT2D eigenvalue weighted by Crippen LogP contribution is 2.40. The van der Waals surface area contributed by atoms with Crippen molar-refractivity contribution in [1.29, 1.82) is 0 Å². The van der Waals surface area contributed by atoms with Crippen LogP contribution in [0.5, 0.6) is 0 Å². The summed E-state index contributed by atoms with van der Waals surface area (Å²) in [6.45, 7) is 10.1. The third-order valence-electron chi connectivity index (χ3n) is 5.19. The van der Waals surface area contributed by atoms with E-state index in [1.54, 1.807) is 0 Å². The normalized spacial score (nSPS) is 22.0. The van der Waals surface area contributed by atoms with Gasteiger partial charge in [-0.05, 0) is 50.3 Å². The van der Waals surface area contributed by atoms with Crippen molar-refractivity contribution in [3.05, 3.63) is 35.9 Å². The topological polar surface area (TPSA) is 32.8 Å². The van der Waals surface area contributed by atoms with Crippen LogP contribution in [0.25, 0.3) is 0 Å². The van der Waals surface area contributed by atoms with Gasteiger partial charge in [-0.2, -0.15) is 0 Å². The number of carbonyl (C=O) groups is 1. The average Bonchev–Trinajstić information content (AvgIpc) is 3.37. The number of hydrogen-bond acceptors (Lipinski definition) is 3. The highest BCUT2D eigenvalue weighted by atomic mass is 16.5. The summed E-state index contributed by atoms with van der Waals surface area (Å²) in [5.41, 5.74) is 0.702. The van der Waals surface area contributed by atoms with Gasteiger partial charge in [-0.25, -0.2) is 0 Å². The van der Waals surface area contributed by atoms with Crippen molar-refractivity contribution in [3.63, 3.8) is 0 Å². The third-order valence-corrected chi connectivity index (χ3v) is 5.19. The Morgan fingerprint density at radius 3 is 2.52 bits per heavy atom. The van der Waals surface area contributed by atoms with Crippen molar-refractivity contribution < 1.29 is 9.53 Å². The van der Waals surface area contributed by atoms with Crippen molar-refractivity contribution >= 4 is 5.91 Å². The number of benzene rings is 1. The SMILES string of the molecule is CC(C)CN1CCCCN(C(=O)c2ccccc2)CC2(CC2)OCC1. The van der Waals surface area contributed by atoms with Crippen LogP contribution in [-0.4, -0.2) is 60.6 Å². The van der Waals surface area contributed by atoms with E-state index in [4.69, 9.17) is 4.74 Å². The fraction of sp³-hybridized carbons (Fsp3) is 0.667. The summed E-state index contributed by atoms with van der Waals surface area (Å²) in [4.78, 5) is 17.5. The summed E-state index contributed by atoms with van der Waals surface area (Å²) < 4.78 is 6.27. The van der Waals surface area contributed by atoms with Gasteiger partial charge < -0.3 is 14.5 Å². The Morgan fingerprint density at radius 2 is 1.84 bits per heavy atom. The zero-order chi connectivity index (χ0) is 17.7. The molecule has 1 saturated heterocycles. The van der Waals surface area contributed by atoms with Crippen LogP contribution in [0, 0.1) is 5.92 Å². The molecule has 0 radical (unpaired) electrons. The molecule has 1 amide bonds. The highest BCUT2D eigenvalue weighted by molar-refractivity contribution is 5.94. The molecular formula is C21H32N2O2. The zero-order valence-electron chi connectivity index (χ0n) is 15.7. The van der Waals surface area contributed by atoms with Gasteiger partial charge in [0.05, 0.1) is 12.2 Å². The summed E-state index contributed by atoms with van der Waals surface area (Å²) in [6.07, 6.45) is 4.35. The molecular weight excluding hydrogens is 312 g/mol. The molecule has 1 aliphatic carbocycles. The molecule has 4 heteroatoms. The molecule has 4 nitrogen and oxygen atoms in total. The number of ether oxygens (including phenoxy) is 1. The lowest BCUT2D eigenvalue weighted by atomic mass is 10.1. The van der Waals surface area contributed by atoms with Gasteiger partial charge in [-0.3, -0.25) is 4.79 Å². The van der Waals surface area contributed by atoms with Gasteiger partial charge in [0.1, 0.15) is 0 Å². The Balaban J connectivity index is 1.66. The van der Waals surface area contributed by atoms with Gasteiger partial charge in [0.25, 0.3) is 5.91 Å². The second-order valence-corrected chi connectivity index (χ2v) is 8.03. The van der Waals surface area contributed by atoms with Gasteiger partial charge in [-0.1, -0.05) is 32.0 Å². The van der Waals surface area contributed by atoms with E-state index in [9.17, 15) is 4.79 Å². The second kappa shape index (κ2) is 8.33. The predicted octanol–water partition coefficient (Wildman–Crippen LogP) is 3.43. The maximum absolute atomic E-state index is 12.9. The molecule has 1 aromatic carbocycles. The maximum Gasteiger partial charge on any atom is 0.253 e. The molecule has 2 fully saturated rings. The van der Waals surface area contributed by atoms with Crippen LogP contribution in [0.4, 0.5) is 0 Å². The van der Waals surface area contributed by atoms with E-state index < -0.39 is 0 Å². The quantitative estimate of drug-likeness (QED) is 0.842. The summed E-state index contributed by atoms with van der Waals surface area (Å²) >= 11 is 0. The summed E-state index contributed by atoms with van der Waals surface area (Å²) in [7, 11) is 0. The van der Waals surface area contributed by atoms with E-state index in [1.807, 2.05) is 35.2 Å². The summed E-state index contributed by atoms with van der Waals surface area (Å²) in [5.74, 6) is 0.824. The number of carbonyl (C=O) groups excluding carboxylic acids is 1. The lowest BCUT2D eigenvalue weighted by molar-refractivity contribution is -0.000158. The predicted molar refractivity (Wildman–Crippen MR) is 101 cm³/mol. The first-order valence-corrected chi connectivity index (χ1v) is 9.79. The monoisotopic (exact) mass is 344 g/mol. The van der Waals surface area contributed by atoms with Crippen molar-refractivity contribution in [3.8, 4) is 0 Å². The Hall–Kier alpha value is -1.39. The molecule has 1 aromatic rings. The smallest absolute Gasteiger partial charge is 0.253 e. The molecule has 3 rings (SSSR count). The first-order valence-electron chi connectivity index (χ1n) is 9.79.